The highest BCUT2D eigenvalue weighted by atomic mass is 16.5. The average molecular weight is 258 g/mol. The summed E-state index contributed by atoms with van der Waals surface area (Å²) in [5.41, 5.74) is 6.95. The fourth-order valence-electron chi connectivity index (χ4n) is 3.05. The van der Waals surface area contributed by atoms with Crippen molar-refractivity contribution in [3.05, 3.63) is 30.0 Å². The maximum Gasteiger partial charge on any atom is 0.252 e. The molecule has 2 aromatic rings. The molecule has 1 aliphatic carbocycles. The van der Waals surface area contributed by atoms with E-state index in [-0.39, 0.29) is 0 Å². The van der Waals surface area contributed by atoms with E-state index in [0.717, 1.165) is 10.9 Å². The second-order valence-electron chi connectivity index (χ2n) is 5.14. The number of hydrogen-bond donors (Lipinski definition) is 1. The number of methoxy groups -OCH3 is 1. The van der Waals surface area contributed by atoms with Crippen molar-refractivity contribution in [3.8, 4) is 5.75 Å². The van der Waals surface area contributed by atoms with Crippen LogP contribution in [0.2, 0.25) is 0 Å². The SMILES string of the molecule is COc1cc2c(ccn2C2CCCC2)cc1C(N)=O. The zero-order valence-corrected chi connectivity index (χ0v) is 11.1. The van der Waals surface area contributed by atoms with Crippen LogP contribution in [0.3, 0.4) is 0 Å². The average Bonchev–Trinajstić information content (AvgIpc) is 3.05. The highest BCUT2D eigenvalue weighted by molar-refractivity contribution is 6.00. The Morgan fingerprint density at radius 1 is 1.37 bits per heavy atom. The first kappa shape index (κ1) is 12.1. The molecule has 2 N–H and O–H groups in total. The molecule has 0 radical (unpaired) electrons. The number of ether oxygens (including phenoxy) is 1. The van der Waals surface area contributed by atoms with Gasteiger partial charge in [-0.3, -0.25) is 4.79 Å². The van der Waals surface area contributed by atoms with Crippen LogP contribution >= 0.6 is 0 Å². The minimum Gasteiger partial charge on any atom is -0.496 e. The number of rotatable bonds is 3. The Labute approximate surface area is 112 Å². The third-order valence-electron chi connectivity index (χ3n) is 4.03. The van der Waals surface area contributed by atoms with Gasteiger partial charge in [0.1, 0.15) is 5.75 Å². The molecule has 1 saturated carbocycles. The summed E-state index contributed by atoms with van der Waals surface area (Å²) in [6, 6.07) is 6.36. The van der Waals surface area contributed by atoms with Crippen LogP contribution in [0, 0.1) is 0 Å². The van der Waals surface area contributed by atoms with Crippen LogP contribution in [0.4, 0.5) is 0 Å². The summed E-state index contributed by atoms with van der Waals surface area (Å²) in [5, 5.41) is 1.04. The molecule has 4 heteroatoms. The molecule has 1 aromatic heterocycles. The van der Waals surface area contributed by atoms with Gasteiger partial charge in [-0.1, -0.05) is 12.8 Å². The number of hydrogen-bond acceptors (Lipinski definition) is 2. The van der Waals surface area contributed by atoms with Gasteiger partial charge >= 0.3 is 0 Å². The lowest BCUT2D eigenvalue weighted by Crippen LogP contribution is -2.12. The zero-order valence-electron chi connectivity index (χ0n) is 11.1. The van der Waals surface area contributed by atoms with Crippen molar-refractivity contribution in [2.45, 2.75) is 31.7 Å². The first-order valence-electron chi connectivity index (χ1n) is 6.69. The molecule has 19 heavy (non-hydrogen) atoms. The van der Waals surface area contributed by atoms with Crippen molar-refractivity contribution in [2.75, 3.05) is 7.11 Å². The number of nitrogens with zero attached hydrogens (tertiary/aromatic N) is 1. The van der Waals surface area contributed by atoms with E-state index in [0.29, 0.717) is 17.4 Å². The highest BCUT2D eigenvalue weighted by Crippen LogP contribution is 2.34. The fraction of sp³-hybridized carbons (Fsp3) is 0.400. The summed E-state index contributed by atoms with van der Waals surface area (Å²) in [5.74, 6) is 0.102. The molecule has 100 valence electrons. The number of fused-ring (bicyclic) bond motifs is 1. The Morgan fingerprint density at radius 2 is 2.11 bits per heavy atom. The fourth-order valence-corrected chi connectivity index (χ4v) is 3.05. The van der Waals surface area contributed by atoms with Crippen molar-refractivity contribution in [3.63, 3.8) is 0 Å². The van der Waals surface area contributed by atoms with E-state index in [1.807, 2.05) is 18.2 Å². The van der Waals surface area contributed by atoms with Crippen molar-refractivity contribution < 1.29 is 9.53 Å². The number of carbonyl (C=O) groups excluding carboxylic acids is 1. The smallest absolute Gasteiger partial charge is 0.252 e. The Balaban J connectivity index is 2.15. The molecule has 4 nitrogen and oxygen atoms in total. The molecule has 1 aliphatic rings. The van der Waals surface area contributed by atoms with E-state index in [1.54, 1.807) is 7.11 Å². The van der Waals surface area contributed by atoms with Gasteiger partial charge in [0.15, 0.2) is 0 Å². The number of primary amides is 1. The maximum atomic E-state index is 11.4. The highest BCUT2D eigenvalue weighted by Gasteiger charge is 2.19. The van der Waals surface area contributed by atoms with Crippen molar-refractivity contribution in [1.82, 2.24) is 4.57 Å². The monoisotopic (exact) mass is 258 g/mol. The third-order valence-corrected chi connectivity index (χ3v) is 4.03. The lowest BCUT2D eigenvalue weighted by molar-refractivity contribution is 0.0997. The molecular formula is C15H18N2O2. The van der Waals surface area contributed by atoms with E-state index in [1.165, 1.54) is 25.7 Å². The van der Waals surface area contributed by atoms with Crippen molar-refractivity contribution >= 4 is 16.8 Å². The number of nitrogens with two attached hydrogens (primary N) is 1. The molecular weight excluding hydrogens is 240 g/mol. The summed E-state index contributed by atoms with van der Waals surface area (Å²) < 4.78 is 7.59. The number of carbonyl (C=O) groups is 1. The van der Waals surface area contributed by atoms with Gasteiger partial charge in [0, 0.05) is 23.7 Å². The van der Waals surface area contributed by atoms with Crippen molar-refractivity contribution in [1.29, 1.82) is 0 Å². The number of amides is 1. The second-order valence-corrected chi connectivity index (χ2v) is 5.14. The largest absolute Gasteiger partial charge is 0.496 e. The molecule has 1 fully saturated rings. The van der Waals surface area contributed by atoms with E-state index in [2.05, 4.69) is 10.8 Å². The van der Waals surface area contributed by atoms with E-state index < -0.39 is 5.91 Å². The quantitative estimate of drug-likeness (QED) is 0.920. The maximum absolute atomic E-state index is 11.4. The van der Waals surface area contributed by atoms with Gasteiger partial charge in [0.2, 0.25) is 0 Å². The van der Waals surface area contributed by atoms with E-state index >= 15 is 0 Å². The predicted octanol–water partition coefficient (Wildman–Crippen LogP) is 2.86. The molecule has 0 bridgehead atoms. The molecule has 0 spiro atoms. The van der Waals surface area contributed by atoms with Crippen LogP contribution in [0.15, 0.2) is 24.4 Å². The summed E-state index contributed by atoms with van der Waals surface area (Å²) in [6.45, 7) is 0. The molecule has 0 atom stereocenters. The van der Waals surface area contributed by atoms with Crippen LogP contribution in [0.5, 0.6) is 5.75 Å². The van der Waals surface area contributed by atoms with Gasteiger partial charge in [0.25, 0.3) is 5.91 Å². The van der Waals surface area contributed by atoms with Crippen LogP contribution in [-0.4, -0.2) is 17.6 Å². The number of aromatic nitrogens is 1. The van der Waals surface area contributed by atoms with Crippen LogP contribution in [-0.2, 0) is 0 Å². The van der Waals surface area contributed by atoms with Crippen LogP contribution in [0.25, 0.3) is 10.9 Å². The summed E-state index contributed by atoms with van der Waals surface area (Å²) in [6.07, 6.45) is 7.14. The predicted molar refractivity (Wildman–Crippen MR) is 74.5 cm³/mol. The number of benzene rings is 1. The van der Waals surface area contributed by atoms with Gasteiger partial charge in [-0.25, -0.2) is 0 Å². The Kier molecular flexibility index (Phi) is 2.93. The normalized spacial score (nSPS) is 16.1. The molecule has 0 unspecified atom stereocenters. The van der Waals surface area contributed by atoms with Crippen molar-refractivity contribution in [2.24, 2.45) is 5.73 Å². The minimum absolute atomic E-state index is 0.444. The Morgan fingerprint density at radius 3 is 2.74 bits per heavy atom. The van der Waals surface area contributed by atoms with Gasteiger partial charge in [-0.2, -0.15) is 0 Å². The first-order chi connectivity index (χ1) is 9.20. The van der Waals surface area contributed by atoms with Gasteiger partial charge in [0.05, 0.1) is 18.2 Å². The molecule has 1 amide bonds. The van der Waals surface area contributed by atoms with E-state index in [9.17, 15) is 4.79 Å². The first-order valence-corrected chi connectivity index (χ1v) is 6.69. The van der Waals surface area contributed by atoms with Gasteiger partial charge in [-0.15, -0.1) is 0 Å². The lowest BCUT2D eigenvalue weighted by Gasteiger charge is -2.14. The summed E-state index contributed by atoms with van der Waals surface area (Å²) in [4.78, 5) is 11.4. The molecule has 1 heterocycles. The Bertz CT molecular complexity index is 624. The minimum atomic E-state index is -0.452. The van der Waals surface area contributed by atoms with Crippen LogP contribution in [0.1, 0.15) is 42.1 Å². The van der Waals surface area contributed by atoms with Gasteiger partial charge < -0.3 is 15.0 Å². The summed E-state index contributed by atoms with van der Waals surface area (Å²) in [7, 11) is 1.57. The lowest BCUT2D eigenvalue weighted by atomic mass is 10.1. The van der Waals surface area contributed by atoms with Gasteiger partial charge in [-0.05, 0) is 25.0 Å². The molecule has 0 saturated heterocycles. The summed E-state index contributed by atoms with van der Waals surface area (Å²) >= 11 is 0. The third kappa shape index (κ3) is 1.97. The van der Waals surface area contributed by atoms with E-state index in [4.69, 9.17) is 10.5 Å². The topological polar surface area (TPSA) is 57.2 Å². The second kappa shape index (κ2) is 4.61. The molecule has 1 aromatic carbocycles. The van der Waals surface area contributed by atoms with Crippen LogP contribution < -0.4 is 10.5 Å². The standard InChI is InChI=1S/C15H18N2O2/c1-19-14-9-13-10(8-12(14)15(16)18)6-7-17(13)11-4-2-3-5-11/h6-9,11H,2-5H2,1H3,(H2,16,18). The molecule has 0 aliphatic heterocycles. The zero-order chi connectivity index (χ0) is 13.4. The Hall–Kier alpha value is -1.97. The molecule has 3 rings (SSSR count).